The van der Waals surface area contributed by atoms with Crippen LogP contribution in [0.2, 0.25) is 0 Å². The quantitative estimate of drug-likeness (QED) is 0.517. The highest BCUT2D eigenvalue weighted by atomic mass is 16.3. The highest BCUT2D eigenvalue weighted by Gasteiger charge is 2.43. The van der Waals surface area contributed by atoms with Crippen LogP contribution in [0, 0.1) is 13.8 Å². The molecule has 0 aliphatic carbocycles. The van der Waals surface area contributed by atoms with Crippen molar-refractivity contribution in [2.24, 2.45) is 0 Å². The third-order valence-electron chi connectivity index (χ3n) is 7.17. The Balaban J connectivity index is 1.75. The Kier molecular flexibility index (Phi) is 5.73. The number of carbonyl (C=O) groups excluding carboxylic acids is 4. The van der Waals surface area contributed by atoms with Gasteiger partial charge in [-0.3, -0.25) is 24.1 Å². The SMILES string of the molecule is CCC(CO)N1C(=O)c2cc(C)c3c4c(cc(C)c(c24)C1=O)C(=O)N(c1ccc(CCO)cc1)C3=O. The Bertz CT molecular complexity index is 1470. The van der Waals surface area contributed by atoms with Crippen LogP contribution in [0.15, 0.2) is 36.4 Å². The van der Waals surface area contributed by atoms with Gasteiger partial charge in [0, 0.05) is 28.5 Å². The molecule has 0 spiro atoms. The molecule has 0 saturated carbocycles. The van der Waals surface area contributed by atoms with E-state index in [4.69, 9.17) is 0 Å². The minimum absolute atomic E-state index is 0.00832. The molecule has 8 nitrogen and oxygen atoms in total. The summed E-state index contributed by atoms with van der Waals surface area (Å²) in [6, 6.07) is 9.40. The van der Waals surface area contributed by atoms with Gasteiger partial charge < -0.3 is 10.2 Å². The standard InChI is InChI=1S/C28H26N2O6/c1-4-17(13-32)29-25(33)19-11-15(3)22-24-20(12-14(2)21(23(19)24)27(29)35)26(34)30(28(22)36)18-7-5-16(6-8-18)9-10-31/h5-8,11-12,17,31-32H,4,9-10,13H2,1-3H3. The maximum Gasteiger partial charge on any atom is 0.266 e. The van der Waals surface area contributed by atoms with Crippen LogP contribution in [0.5, 0.6) is 0 Å². The molecule has 0 fully saturated rings. The summed E-state index contributed by atoms with van der Waals surface area (Å²) in [5, 5.41) is 19.6. The first-order valence-electron chi connectivity index (χ1n) is 11.9. The van der Waals surface area contributed by atoms with Crippen molar-refractivity contribution < 1.29 is 29.4 Å². The maximum absolute atomic E-state index is 13.7. The molecule has 8 heteroatoms. The topological polar surface area (TPSA) is 115 Å². The Labute approximate surface area is 207 Å². The highest BCUT2D eigenvalue weighted by Crippen LogP contribution is 2.42. The molecule has 0 radical (unpaired) electrons. The summed E-state index contributed by atoms with van der Waals surface area (Å²) in [7, 11) is 0. The van der Waals surface area contributed by atoms with Crippen molar-refractivity contribution in [1.82, 2.24) is 4.90 Å². The van der Waals surface area contributed by atoms with Gasteiger partial charge in [0.1, 0.15) is 0 Å². The van der Waals surface area contributed by atoms with E-state index in [2.05, 4.69) is 0 Å². The summed E-state index contributed by atoms with van der Waals surface area (Å²) in [4.78, 5) is 56.7. The van der Waals surface area contributed by atoms with Gasteiger partial charge in [0.15, 0.2) is 0 Å². The molecule has 0 bridgehead atoms. The number of imide groups is 2. The maximum atomic E-state index is 13.7. The number of carbonyl (C=O) groups is 4. The minimum Gasteiger partial charge on any atom is -0.396 e. The van der Waals surface area contributed by atoms with Crippen molar-refractivity contribution in [2.75, 3.05) is 18.1 Å². The average Bonchev–Trinajstić information content (AvgIpc) is 2.85. The van der Waals surface area contributed by atoms with E-state index < -0.39 is 29.7 Å². The Morgan fingerprint density at radius 1 is 0.778 bits per heavy atom. The summed E-state index contributed by atoms with van der Waals surface area (Å²) in [6.45, 7) is 4.84. The molecule has 36 heavy (non-hydrogen) atoms. The Hall–Kier alpha value is -3.88. The second kappa shape index (κ2) is 8.65. The lowest BCUT2D eigenvalue weighted by atomic mass is 9.81. The molecule has 4 amide bonds. The van der Waals surface area contributed by atoms with E-state index in [1.165, 1.54) is 0 Å². The number of rotatable bonds is 6. The number of nitrogens with zero attached hydrogens (tertiary/aromatic N) is 2. The zero-order valence-corrected chi connectivity index (χ0v) is 20.3. The van der Waals surface area contributed by atoms with Crippen LogP contribution < -0.4 is 4.90 Å². The molecule has 184 valence electrons. The molecule has 2 aliphatic rings. The normalized spacial score (nSPS) is 15.8. The van der Waals surface area contributed by atoms with E-state index in [0.29, 0.717) is 40.4 Å². The predicted octanol–water partition coefficient (Wildman–Crippen LogP) is 3.16. The number of benzene rings is 3. The molecule has 2 N–H and O–H groups in total. The minimum atomic E-state index is -0.673. The Morgan fingerprint density at radius 2 is 1.33 bits per heavy atom. The number of aliphatic hydroxyl groups excluding tert-OH is 2. The van der Waals surface area contributed by atoms with Crippen LogP contribution >= 0.6 is 0 Å². The molecule has 5 rings (SSSR count). The van der Waals surface area contributed by atoms with Crippen LogP contribution in [-0.2, 0) is 6.42 Å². The Morgan fingerprint density at radius 3 is 1.86 bits per heavy atom. The molecular formula is C28H26N2O6. The molecule has 1 atom stereocenters. The van der Waals surface area contributed by atoms with E-state index in [9.17, 15) is 29.4 Å². The second-order valence-electron chi connectivity index (χ2n) is 9.29. The fourth-order valence-corrected chi connectivity index (χ4v) is 5.36. The number of aliphatic hydroxyl groups is 2. The first-order chi connectivity index (χ1) is 17.2. The lowest BCUT2D eigenvalue weighted by Gasteiger charge is -2.36. The van der Waals surface area contributed by atoms with E-state index in [0.717, 1.165) is 15.4 Å². The molecule has 1 unspecified atom stereocenters. The number of amides is 4. The van der Waals surface area contributed by atoms with Crippen LogP contribution in [0.4, 0.5) is 5.69 Å². The van der Waals surface area contributed by atoms with Gasteiger partial charge in [-0.05, 0) is 67.6 Å². The lowest BCUT2D eigenvalue weighted by molar-refractivity contribution is 0.0464. The smallest absolute Gasteiger partial charge is 0.266 e. The van der Waals surface area contributed by atoms with Crippen LogP contribution in [0.1, 0.15) is 71.5 Å². The third kappa shape index (κ3) is 3.22. The van der Waals surface area contributed by atoms with Crippen LogP contribution in [0.25, 0.3) is 10.8 Å². The van der Waals surface area contributed by atoms with Gasteiger partial charge in [0.05, 0.1) is 29.5 Å². The van der Waals surface area contributed by atoms with Crippen molar-refractivity contribution in [3.05, 3.63) is 75.3 Å². The fourth-order valence-electron chi connectivity index (χ4n) is 5.36. The number of hydrogen-bond donors (Lipinski definition) is 2. The van der Waals surface area contributed by atoms with Crippen molar-refractivity contribution in [1.29, 1.82) is 0 Å². The largest absolute Gasteiger partial charge is 0.396 e. The molecule has 0 saturated heterocycles. The zero-order valence-electron chi connectivity index (χ0n) is 20.3. The molecule has 3 aromatic rings. The van der Waals surface area contributed by atoms with Crippen molar-refractivity contribution in [3.63, 3.8) is 0 Å². The summed E-state index contributed by atoms with van der Waals surface area (Å²) in [5.74, 6) is -2.13. The number of aryl methyl sites for hydroxylation is 2. The number of hydrogen-bond acceptors (Lipinski definition) is 6. The van der Waals surface area contributed by atoms with E-state index >= 15 is 0 Å². The molecule has 0 aromatic heterocycles. The molecular weight excluding hydrogens is 460 g/mol. The molecule has 2 heterocycles. The first kappa shape index (κ1) is 23.8. The highest BCUT2D eigenvalue weighted by molar-refractivity contribution is 6.39. The van der Waals surface area contributed by atoms with E-state index in [-0.39, 0.29) is 35.5 Å². The van der Waals surface area contributed by atoms with Crippen LogP contribution in [-0.4, -0.2) is 58.0 Å². The van der Waals surface area contributed by atoms with Gasteiger partial charge in [-0.25, -0.2) is 4.90 Å². The monoisotopic (exact) mass is 486 g/mol. The van der Waals surface area contributed by atoms with Crippen molar-refractivity contribution in [3.8, 4) is 0 Å². The number of anilines is 1. The summed E-state index contributed by atoms with van der Waals surface area (Å²) < 4.78 is 0. The predicted molar refractivity (Wildman–Crippen MR) is 133 cm³/mol. The van der Waals surface area contributed by atoms with Crippen molar-refractivity contribution >= 4 is 40.1 Å². The van der Waals surface area contributed by atoms with E-state index in [1.54, 1.807) is 57.2 Å². The summed E-state index contributed by atoms with van der Waals surface area (Å²) in [5.41, 5.74) is 3.38. The zero-order chi connectivity index (χ0) is 25.9. The van der Waals surface area contributed by atoms with E-state index in [1.807, 2.05) is 0 Å². The van der Waals surface area contributed by atoms with Crippen molar-refractivity contribution in [2.45, 2.75) is 39.7 Å². The van der Waals surface area contributed by atoms with Gasteiger partial charge in [-0.15, -0.1) is 0 Å². The van der Waals surface area contributed by atoms with Gasteiger partial charge >= 0.3 is 0 Å². The van der Waals surface area contributed by atoms with Gasteiger partial charge in [-0.2, -0.15) is 0 Å². The average molecular weight is 487 g/mol. The lowest BCUT2D eigenvalue weighted by Crippen LogP contribution is -2.49. The third-order valence-corrected chi connectivity index (χ3v) is 7.17. The van der Waals surface area contributed by atoms with Gasteiger partial charge in [0.25, 0.3) is 23.6 Å². The van der Waals surface area contributed by atoms with Crippen LogP contribution in [0.3, 0.4) is 0 Å². The molecule has 3 aromatic carbocycles. The summed E-state index contributed by atoms with van der Waals surface area (Å²) >= 11 is 0. The van der Waals surface area contributed by atoms with Gasteiger partial charge in [0.2, 0.25) is 0 Å². The first-order valence-corrected chi connectivity index (χ1v) is 11.9. The summed E-state index contributed by atoms with van der Waals surface area (Å²) in [6.07, 6.45) is 0.853. The second-order valence-corrected chi connectivity index (χ2v) is 9.29. The molecule has 2 aliphatic heterocycles. The fraction of sp³-hybridized carbons (Fsp3) is 0.286. The van der Waals surface area contributed by atoms with Gasteiger partial charge in [-0.1, -0.05) is 19.1 Å².